The Hall–Kier alpha value is -3.86. The third kappa shape index (κ3) is 3.35. The molecule has 1 N–H and O–H groups in total. The van der Waals surface area contributed by atoms with Gasteiger partial charge in [0.05, 0.1) is 11.6 Å². The molecule has 1 unspecified atom stereocenters. The average Bonchev–Trinajstić information content (AvgIpc) is 3.05. The van der Waals surface area contributed by atoms with Crippen molar-refractivity contribution in [1.82, 2.24) is 0 Å². The molecule has 5 heteroatoms. The van der Waals surface area contributed by atoms with Crippen LogP contribution in [0.2, 0.25) is 0 Å². The second-order valence-electron chi connectivity index (χ2n) is 7.36. The number of hydrogen-bond donors (Lipinski definition) is 1. The summed E-state index contributed by atoms with van der Waals surface area (Å²) in [6.07, 6.45) is 0. The minimum absolute atomic E-state index is 0.0917. The van der Waals surface area contributed by atoms with Crippen LogP contribution in [0.5, 0.6) is 0 Å². The van der Waals surface area contributed by atoms with Crippen LogP contribution in [0, 0.1) is 0 Å². The summed E-state index contributed by atoms with van der Waals surface area (Å²) < 4.78 is 0. The van der Waals surface area contributed by atoms with E-state index in [4.69, 9.17) is 0 Å². The molecule has 5 nitrogen and oxygen atoms in total. The number of anilines is 2. The van der Waals surface area contributed by atoms with E-state index in [0.717, 1.165) is 11.3 Å². The molecule has 150 valence electrons. The van der Waals surface area contributed by atoms with Crippen LogP contribution >= 0.6 is 0 Å². The van der Waals surface area contributed by atoms with E-state index in [9.17, 15) is 14.7 Å². The summed E-state index contributed by atoms with van der Waals surface area (Å²) in [5.74, 6) is -1.52. The number of aliphatic hydroxyl groups excluding tert-OH is 1. The number of rotatable bonds is 4. The zero-order valence-corrected chi connectivity index (χ0v) is 16.8. The van der Waals surface area contributed by atoms with Crippen molar-refractivity contribution in [3.05, 3.63) is 102 Å². The Morgan fingerprint density at radius 1 is 0.833 bits per heavy atom. The van der Waals surface area contributed by atoms with Crippen molar-refractivity contribution < 1.29 is 14.7 Å². The summed E-state index contributed by atoms with van der Waals surface area (Å²) in [6, 6.07) is 24.8. The first-order valence-electron chi connectivity index (χ1n) is 9.68. The van der Waals surface area contributed by atoms with Gasteiger partial charge in [-0.3, -0.25) is 14.5 Å². The Bertz CT molecular complexity index is 1100. The van der Waals surface area contributed by atoms with Crippen molar-refractivity contribution in [2.45, 2.75) is 6.04 Å². The maximum absolute atomic E-state index is 13.1. The molecule has 1 aliphatic rings. The minimum atomic E-state index is -0.711. The average molecular weight is 398 g/mol. The number of amides is 1. The first-order chi connectivity index (χ1) is 14.5. The van der Waals surface area contributed by atoms with E-state index in [1.54, 1.807) is 24.3 Å². The maximum atomic E-state index is 13.1. The molecule has 1 amide bonds. The first-order valence-corrected chi connectivity index (χ1v) is 9.68. The Morgan fingerprint density at radius 3 is 1.97 bits per heavy atom. The number of benzene rings is 3. The highest BCUT2D eigenvalue weighted by atomic mass is 16.3. The number of aliphatic hydroxyl groups is 1. The lowest BCUT2D eigenvalue weighted by molar-refractivity contribution is -0.132. The van der Waals surface area contributed by atoms with Crippen LogP contribution in [-0.2, 0) is 9.59 Å². The van der Waals surface area contributed by atoms with Gasteiger partial charge in [0.2, 0.25) is 0 Å². The molecule has 1 saturated heterocycles. The predicted molar refractivity (Wildman–Crippen MR) is 118 cm³/mol. The van der Waals surface area contributed by atoms with Crippen LogP contribution in [-0.4, -0.2) is 30.9 Å². The van der Waals surface area contributed by atoms with E-state index in [1.807, 2.05) is 79.7 Å². The van der Waals surface area contributed by atoms with Gasteiger partial charge in [0.25, 0.3) is 11.7 Å². The summed E-state index contributed by atoms with van der Waals surface area (Å²) in [7, 11) is 3.87. The van der Waals surface area contributed by atoms with Crippen LogP contribution in [0.3, 0.4) is 0 Å². The fourth-order valence-corrected chi connectivity index (χ4v) is 3.71. The number of carbonyl (C=O) groups is 2. The van der Waals surface area contributed by atoms with Crippen molar-refractivity contribution in [2.24, 2.45) is 0 Å². The SMILES string of the molecule is CN(C)c1ccc(N2C(=O)C(=O)/C(=C(\O)c3ccccc3)C2c2ccccc2)cc1. The highest BCUT2D eigenvalue weighted by molar-refractivity contribution is 6.51. The van der Waals surface area contributed by atoms with Crippen LogP contribution in [0.4, 0.5) is 11.4 Å². The minimum Gasteiger partial charge on any atom is -0.507 e. The molecule has 0 spiro atoms. The Balaban J connectivity index is 1.90. The molecule has 3 aromatic rings. The molecule has 1 heterocycles. The first kappa shape index (κ1) is 19.5. The normalized spacial score (nSPS) is 17.9. The maximum Gasteiger partial charge on any atom is 0.300 e. The fraction of sp³-hybridized carbons (Fsp3) is 0.120. The zero-order valence-electron chi connectivity index (χ0n) is 16.8. The lowest BCUT2D eigenvalue weighted by Crippen LogP contribution is -2.29. The topological polar surface area (TPSA) is 60.9 Å². The van der Waals surface area contributed by atoms with Gasteiger partial charge in [0, 0.05) is 31.0 Å². The lowest BCUT2D eigenvalue weighted by Gasteiger charge is -2.26. The number of ketones is 1. The molecule has 0 aromatic heterocycles. The third-order valence-corrected chi connectivity index (χ3v) is 5.25. The van der Waals surface area contributed by atoms with Crippen LogP contribution in [0.15, 0.2) is 90.5 Å². The number of hydrogen-bond acceptors (Lipinski definition) is 4. The standard InChI is InChI=1S/C25H22N2O3/c1-26(2)19-13-15-20(16-14-19)27-22(17-9-5-3-6-10-17)21(24(29)25(27)30)23(28)18-11-7-4-8-12-18/h3-16,22,28H,1-2H3/b23-21-. The van der Waals surface area contributed by atoms with Gasteiger partial charge in [0.15, 0.2) is 0 Å². The van der Waals surface area contributed by atoms with Crippen molar-refractivity contribution in [2.75, 3.05) is 23.9 Å². The molecular weight excluding hydrogens is 376 g/mol. The summed E-state index contributed by atoms with van der Waals surface area (Å²) in [6.45, 7) is 0. The van der Waals surface area contributed by atoms with Crippen molar-refractivity contribution in [1.29, 1.82) is 0 Å². The fourth-order valence-electron chi connectivity index (χ4n) is 3.71. The van der Waals surface area contributed by atoms with E-state index in [-0.39, 0.29) is 11.3 Å². The van der Waals surface area contributed by atoms with E-state index in [2.05, 4.69) is 0 Å². The molecule has 1 fully saturated rings. The van der Waals surface area contributed by atoms with Crippen LogP contribution < -0.4 is 9.80 Å². The molecule has 3 aromatic carbocycles. The number of carbonyl (C=O) groups excluding carboxylic acids is 2. The molecule has 30 heavy (non-hydrogen) atoms. The van der Waals surface area contributed by atoms with Gasteiger partial charge in [-0.1, -0.05) is 60.7 Å². The van der Waals surface area contributed by atoms with Gasteiger partial charge in [-0.25, -0.2) is 0 Å². The smallest absolute Gasteiger partial charge is 0.300 e. The molecule has 0 saturated carbocycles. The second kappa shape index (κ2) is 7.87. The van der Waals surface area contributed by atoms with Gasteiger partial charge in [-0.15, -0.1) is 0 Å². The Kier molecular flexibility index (Phi) is 5.11. The van der Waals surface area contributed by atoms with E-state index in [1.165, 1.54) is 4.90 Å². The van der Waals surface area contributed by atoms with E-state index in [0.29, 0.717) is 11.3 Å². The quantitative estimate of drug-likeness (QED) is 0.403. The summed E-state index contributed by atoms with van der Waals surface area (Å²) >= 11 is 0. The highest BCUT2D eigenvalue weighted by Crippen LogP contribution is 2.42. The van der Waals surface area contributed by atoms with Crippen molar-refractivity contribution >= 4 is 28.8 Å². The van der Waals surface area contributed by atoms with Gasteiger partial charge >= 0.3 is 0 Å². The molecule has 0 aliphatic carbocycles. The third-order valence-electron chi connectivity index (χ3n) is 5.25. The summed E-state index contributed by atoms with van der Waals surface area (Å²) in [5, 5.41) is 11.0. The molecular formula is C25H22N2O3. The predicted octanol–water partition coefficient (Wildman–Crippen LogP) is 4.38. The monoisotopic (exact) mass is 398 g/mol. The molecule has 4 rings (SSSR count). The Morgan fingerprint density at radius 2 is 1.40 bits per heavy atom. The summed E-state index contributed by atoms with van der Waals surface area (Å²) in [4.78, 5) is 29.5. The largest absolute Gasteiger partial charge is 0.507 e. The molecule has 0 radical (unpaired) electrons. The molecule has 1 aliphatic heterocycles. The lowest BCUT2D eigenvalue weighted by atomic mass is 9.95. The van der Waals surface area contributed by atoms with Crippen LogP contribution in [0.25, 0.3) is 5.76 Å². The number of nitrogens with zero attached hydrogens (tertiary/aromatic N) is 2. The molecule has 0 bridgehead atoms. The van der Waals surface area contributed by atoms with Crippen molar-refractivity contribution in [3.63, 3.8) is 0 Å². The van der Waals surface area contributed by atoms with E-state index < -0.39 is 17.7 Å². The van der Waals surface area contributed by atoms with Crippen molar-refractivity contribution in [3.8, 4) is 0 Å². The van der Waals surface area contributed by atoms with Gasteiger partial charge in [-0.2, -0.15) is 0 Å². The summed E-state index contributed by atoms with van der Waals surface area (Å²) in [5.41, 5.74) is 2.93. The van der Waals surface area contributed by atoms with Gasteiger partial charge in [0.1, 0.15) is 5.76 Å². The van der Waals surface area contributed by atoms with Gasteiger partial charge in [-0.05, 0) is 29.8 Å². The second-order valence-corrected chi connectivity index (χ2v) is 7.36. The highest BCUT2D eigenvalue weighted by Gasteiger charge is 2.46. The molecule has 1 atom stereocenters. The van der Waals surface area contributed by atoms with E-state index >= 15 is 0 Å². The van der Waals surface area contributed by atoms with Crippen LogP contribution in [0.1, 0.15) is 17.2 Å². The zero-order chi connectivity index (χ0) is 21.3. The number of Topliss-reactive ketones (excluding diaryl/α,β-unsaturated/α-hetero) is 1. The van der Waals surface area contributed by atoms with Gasteiger partial charge < -0.3 is 10.0 Å². The Labute approximate surface area is 175 Å².